The standard InChI is InChI=1S/C30H42N8O3/c1-19(2)26(39)30(11-13-32-14-12-30)21-7-9-22(10-8-21)34-28-25(27(31)40)33-18-24(35-28)37-15-5-6-23(20(37)3)38-17-16-36(4)29(38)41/h7-10,18-20,23,32H,5-6,11-17H2,1-4H3,(H2,31,40)(H,34,35)/t20-,23-/m1/s1. The first kappa shape index (κ1) is 28.8. The van der Waals surface area contributed by atoms with E-state index in [0.29, 0.717) is 12.4 Å². The minimum Gasteiger partial charge on any atom is -0.364 e. The number of likely N-dealkylation sites (N-methyl/N-ethyl adjacent to an activating group) is 1. The normalized spacial score (nSPS) is 22.8. The van der Waals surface area contributed by atoms with Gasteiger partial charge in [-0.15, -0.1) is 0 Å². The molecule has 11 heteroatoms. The van der Waals surface area contributed by atoms with Crippen LogP contribution in [0.4, 0.5) is 22.1 Å². The Labute approximate surface area is 241 Å². The van der Waals surface area contributed by atoms with Crippen LogP contribution in [0.15, 0.2) is 30.5 Å². The summed E-state index contributed by atoms with van der Waals surface area (Å²) in [6.45, 7) is 9.87. The molecule has 3 saturated heterocycles. The maximum absolute atomic E-state index is 13.3. The molecular weight excluding hydrogens is 520 g/mol. The van der Waals surface area contributed by atoms with E-state index >= 15 is 0 Å². The van der Waals surface area contributed by atoms with Crippen LogP contribution in [0.5, 0.6) is 0 Å². The van der Waals surface area contributed by atoms with Crippen LogP contribution in [-0.4, -0.2) is 89.3 Å². The number of carbonyl (C=O) groups excluding carboxylic acids is 3. The third-order valence-electron chi connectivity index (χ3n) is 9.04. The lowest BCUT2D eigenvalue weighted by atomic mass is 9.67. The molecule has 2 aromatic rings. The first-order valence-electron chi connectivity index (χ1n) is 14.7. The number of aromatic nitrogens is 2. The van der Waals surface area contributed by atoms with Gasteiger partial charge in [0.05, 0.1) is 17.7 Å². The van der Waals surface area contributed by atoms with E-state index in [9.17, 15) is 14.4 Å². The number of amides is 3. The van der Waals surface area contributed by atoms with Crippen LogP contribution in [0.2, 0.25) is 0 Å². The highest BCUT2D eigenvalue weighted by atomic mass is 16.2. The number of nitrogens with one attached hydrogen (secondary N) is 2. The Kier molecular flexibility index (Phi) is 8.17. The summed E-state index contributed by atoms with van der Waals surface area (Å²) in [5.41, 5.74) is 6.96. The third kappa shape index (κ3) is 5.47. The minimum absolute atomic E-state index is 0.0275. The van der Waals surface area contributed by atoms with Gasteiger partial charge in [-0.3, -0.25) is 9.59 Å². The monoisotopic (exact) mass is 562 g/mol. The molecule has 3 fully saturated rings. The second-order valence-electron chi connectivity index (χ2n) is 11.9. The number of carbonyl (C=O) groups is 3. The molecular formula is C30H42N8O3. The van der Waals surface area contributed by atoms with E-state index in [1.807, 2.05) is 50.1 Å². The molecule has 0 radical (unpaired) electrons. The van der Waals surface area contributed by atoms with Gasteiger partial charge in [0.2, 0.25) is 0 Å². The molecule has 3 amide bonds. The van der Waals surface area contributed by atoms with Gasteiger partial charge < -0.3 is 31.1 Å². The molecule has 220 valence electrons. The molecule has 2 atom stereocenters. The number of hydrogen-bond donors (Lipinski definition) is 3. The van der Waals surface area contributed by atoms with Crippen molar-refractivity contribution in [3.63, 3.8) is 0 Å². The summed E-state index contributed by atoms with van der Waals surface area (Å²) in [5, 5.41) is 6.63. The molecule has 4 heterocycles. The van der Waals surface area contributed by atoms with Crippen LogP contribution in [0.25, 0.3) is 0 Å². The topological polar surface area (TPSA) is 137 Å². The predicted octanol–water partition coefficient (Wildman–Crippen LogP) is 2.89. The van der Waals surface area contributed by atoms with Crippen LogP contribution < -0.4 is 21.3 Å². The molecule has 41 heavy (non-hydrogen) atoms. The van der Waals surface area contributed by atoms with Gasteiger partial charge in [-0.05, 0) is 63.4 Å². The van der Waals surface area contributed by atoms with Gasteiger partial charge in [-0.25, -0.2) is 14.8 Å². The summed E-state index contributed by atoms with van der Waals surface area (Å²) >= 11 is 0. The Balaban J connectivity index is 1.40. The number of benzene rings is 1. The van der Waals surface area contributed by atoms with Crippen molar-refractivity contribution >= 4 is 35.0 Å². The van der Waals surface area contributed by atoms with Crippen LogP contribution in [-0.2, 0) is 10.2 Å². The number of piperidine rings is 2. The summed E-state index contributed by atoms with van der Waals surface area (Å²) in [5.74, 6) is 0.454. The van der Waals surface area contributed by atoms with E-state index in [4.69, 9.17) is 10.7 Å². The molecule has 5 rings (SSSR count). The van der Waals surface area contributed by atoms with Crippen LogP contribution in [0.1, 0.15) is 62.5 Å². The summed E-state index contributed by atoms with van der Waals surface area (Å²) < 4.78 is 0. The molecule has 1 aromatic carbocycles. The number of anilines is 3. The molecule has 11 nitrogen and oxygen atoms in total. The van der Waals surface area contributed by atoms with Crippen molar-refractivity contribution < 1.29 is 14.4 Å². The van der Waals surface area contributed by atoms with Crippen molar-refractivity contribution in [2.24, 2.45) is 11.7 Å². The number of ketones is 1. The predicted molar refractivity (Wildman–Crippen MR) is 158 cm³/mol. The third-order valence-corrected chi connectivity index (χ3v) is 9.04. The smallest absolute Gasteiger partial charge is 0.320 e. The van der Waals surface area contributed by atoms with Crippen LogP contribution in [0, 0.1) is 5.92 Å². The van der Waals surface area contributed by atoms with E-state index in [1.54, 1.807) is 11.1 Å². The van der Waals surface area contributed by atoms with Crippen LogP contribution in [0.3, 0.4) is 0 Å². The van der Waals surface area contributed by atoms with E-state index in [1.165, 1.54) is 0 Å². The Morgan fingerprint density at radius 1 is 1.10 bits per heavy atom. The van der Waals surface area contributed by atoms with Gasteiger partial charge in [-0.1, -0.05) is 26.0 Å². The molecule has 0 aliphatic carbocycles. The molecule has 0 bridgehead atoms. The molecule has 0 spiro atoms. The Morgan fingerprint density at radius 2 is 1.80 bits per heavy atom. The van der Waals surface area contributed by atoms with Gasteiger partial charge in [0, 0.05) is 44.3 Å². The quantitative estimate of drug-likeness (QED) is 0.447. The molecule has 3 aliphatic rings. The second kappa shape index (κ2) is 11.6. The lowest BCUT2D eigenvalue weighted by Crippen LogP contribution is -2.55. The van der Waals surface area contributed by atoms with E-state index in [2.05, 4.69) is 27.4 Å². The van der Waals surface area contributed by atoms with Gasteiger partial charge in [0.1, 0.15) is 11.6 Å². The average Bonchev–Trinajstić information content (AvgIpc) is 3.30. The van der Waals surface area contributed by atoms with Gasteiger partial charge in [0.15, 0.2) is 11.5 Å². The van der Waals surface area contributed by atoms with E-state index in [-0.39, 0.29) is 41.3 Å². The van der Waals surface area contributed by atoms with Crippen molar-refractivity contribution in [3.8, 4) is 0 Å². The van der Waals surface area contributed by atoms with Crippen molar-refractivity contribution in [2.45, 2.75) is 64.0 Å². The van der Waals surface area contributed by atoms with Crippen molar-refractivity contribution in [1.29, 1.82) is 0 Å². The van der Waals surface area contributed by atoms with E-state index in [0.717, 1.165) is 63.1 Å². The summed E-state index contributed by atoms with van der Waals surface area (Å²) in [6.07, 6.45) is 4.97. The second-order valence-corrected chi connectivity index (χ2v) is 11.9. The number of nitrogens with two attached hydrogens (primary N) is 1. The highest BCUT2D eigenvalue weighted by Crippen LogP contribution is 2.38. The summed E-state index contributed by atoms with van der Waals surface area (Å²) in [4.78, 5) is 53.4. The van der Waals surface area contributed by atoms with Crippen molar-refractivity contribution in [1.82, 2.24) is 25.1 Å². The SMILES string of the molecule is CC(C)C(=O)C1(c2ccc(Nc3nc(N4CCC[C@@H](N5CCN(C)C5=O)[C@H]4C)cnc3C(N)=O)cc2)CCNCC1. The highest BCUT2D eigenvalue weighted by Gasteiger charge is 2.42. The Bertz CT molecular complexity index is 1290. The first-order chi connectivity index (χ1) is 19.6. The molecule has 4 N–H and O–H groups in total. The number of rotatable bonds is 8. The fraction of sp³-hybridized carbons (Fsp3) is 0.567. The lowest BCUT2D eigenvalue weighted by molar-refractivity contribution is -0.128. The fourth-order valence-electron chi connectivity index (χ4n) is 6.72. The zero-order chi connectivity index (χ0) is 29.3. The number of hydrogen-bond acceptors (Lipinski definition) is 8. The summed E-state index contributed by atoms with van der Waals surface area (Å²) in [7, 11) is 1.83. The molecule has 1 aromatic heterocycles. The van der Waals surface area contributed by atoms with Gasteiger partial charge in [0.25, 0.3) is 5.91 Å². The number of urea groups is 1. The lowest BCUT2D eigenvalue weighted by Gasteiger charge is -2.43. The number of primary amides is 1. The Hall–Kier alpha value is -3.73. The van der Waals surface area contributed by atoms with Crippen molar-refractivity contribution in [3.05, 3.63) is 41.7 Å². The largest absolute Gasteiger partial charge is 0.364 e. The number of Topliss-reactive ketones (excluding diaryl/α,β-unsaturated/α-hetero) is 1. The maximum Gasteiger partial charge on any atom is 0.320 e. The van der Waals surface area contributed by atoms with Crippen molar-refractivity contribution in [2.75, 3.05) is 50.0 Å². The summed E-state index contributed by atoms with van der Waals surface area (Å²) in [6, 6.07) is 7.99. The first-order valence-corrected chi connectivity index (χ1v) is 14.7. The zero-order valence-corrected chi connectivity index (χ0v) is 24.5. The van der Waals surface area contributed by atoms with Gasteiger partial charge in [-0.2, -0.15) is 0 Å². The van der Waals surface area contributed by atoms with E-state index < -0.39 is 11.3 Å². The highest BCUT2D eigenvalue weighted by molar-refractivity contribution is 5.96. The minimum atomic E-state index is -0.672. The number of nitrogens with zero attached hydrogens (tertiary/aromatic N) is 5. The van der Waals surface area contributed by atoms with Gasteiger partial charge >= 0.3 is 6.03 Å². The Morgan fingerprint density at radius 3 is 2.41 bits per heavy atom. The molecule has 0 unspecified atom stereocenters. The maximum atomic E-state index is 13.3. The van der Waals surface area contributed by atoms with Crippen LogP contribution >= 0.6 is 0 Å². The zero-order valence-electron chi connectivity index (χ0n) is 24.5. The average molecular weight is 563 g/mol. The molecule has 3 aliphatic heterocycles. The fourth-order valence-corrected chi connectivity index (χ4v) is 6.72. The molecule has 0 saturated carbocycles.